The third kappa shape index (κ3) is 3.46. The molecule has 0 unspecified atom stereocenters. The first-order valence-electron chi connectivity index (χ1n) is 5.44. The summed E-state index contributed by atoms with van der Waals surface area (Å²) in [7, 11) is 0. The Hall–Kier alpha value is -1.07. The van der Waals surface area contributed by atoms with Crippen molar-refractivity contribution in [2.45, 2.75) is 6.54 Å². The van der Waals surface area contributed by atoms with Crippen molar-refractivity contribution in [2.75, 3.05) is 0 Å². The summed E-state index contributed by atoms with van der Waals surface area (Å²) in [6.07, 6.45) is 0. The van der Waals surface area contributed by atoms with Crippen molar-refractivity contribution >= 4 is 40.1 Å². The summed E-state index contributed by atoms with van der Waals surface area (Å²) in [5, 5.41) is 3.33. The van der Waals surface area contributed by atoms with Crippen molar-refractivity contribution in [3.8, 4) is 0 Å². The summed E-state index contributed by atoms with van der Waals surface area (Å²) in [6, 6.07) is 15.2. The molecule has 0 heterocycles. The van der Waals surface area contributed by atoms with Crippen LogP contribution in [0.1, 0.15) is 15.9 Å². The Balaban J connectivity index is 2.06. The zero-order valence-corrected chi connectivity index (χ0v) is 12.4. The van der Waals surface area contributed by atoms with Crippen molar-refractivity contribution < 1.29 is 4.79 Å². The number of carbonyl (C=O) groups excluding carboxylic acids is 1. The molecule has 92 valence electrons. The molecule has 0 fully saturated rings. The van der Waals surface area contributed by atoms with Gasteiger partial charge in [-0.3, -0.25) is 4.79 Å². The van der Waals surface area contributed by atoms with Crippen molar-refractivity contribution in [1.82, 2.24) is 5.32 Å². The predicted octanol–water partition coefficient (Wildman–Crippen LogP) is 3.87. The van der Waals surface area contributed by atoms with Crippen LogP contribution in [0.2, 0.25) is 5.02 Å². The first kappa shape index (κ1) is 13.4. The summed E-state index contributed by atoms with van der Waals surface area (Å²) >= 11 is 8.17. The fourth-order valence-corrected chi connectivity index (χ4v) is 2.24. The molecule has 2 aromatic carbocycles. The summed E-state index contributed by atoms with van der Waals surface area (Å²) in [5.41, 5.74) is 1.58. The van der Waals surface area contributed by atoms with E-state index in [-0.39, 0.29) is 5.91 Å². The Kier molecular flexibility index (Phi) is 4.60. The summed E-state index contributed by atoms with van der Waals surface area (Å²) in [6.45, 7) is 0.501. The molecule has 2 nitrogen and oxygen atoms in total. The summed E-state index contributed by atoms with van der Waals surface area (Å²) in [4.78, 5) is 12.0. The largest absolute Gasteiger partial charge is 0.348 e. The van der Waals surface area contributed by atoms with Crippen LogP contribution in [0, 0.1) is 3.57 Å². The lowest BCUT2D eigenvalue weighted by molar-refractivity contribution is 0.0951. The van der Waals surface area contributed by atoms with E-state index in [0.717, 1.165) is 9.13 Å². The molecule has 0 aromatic heterocycles. The number of nitrogens with one attached hydrogen (secondary N) is 1. The number of benzene rings is 2. The van der Waals surface area contributed by atoms with Crippen molar-refractivity contribution in [3.05, 3.63) is 68.3 Å². The maximum atomic E-state index is 12.0. The van der Waals surface area contributed by atoms with Crippen molar-refractivity contribution in [3.63, 3.8) is 0 Å². The van der Waals surface area contributed by atoms with E-state index in [1.807, 2.05) is 36.4 Å². The normalized spacial score (nSPS) is 10.1. The molecule has 0 atom stereocenters. The van der Waals surface area contributed by atoms with E-state index in [9.17, 15) is 4.79 Å². The Morgan fingerprint density at radius 1 is 1.17 bits per heavy atom. The van der Waals surface area contributed by atoms with Gasteiger partial charge in [0.2, 0.25) is 0 Å². The smallest absolute Gasteiger partial charge is 0.253 e. The number of amides is 1. The number of hydrogen-bond donors (Lipinski definition) is 1. The Morgan fingerprint density at radius 2 is 1.89 bits per heavy atom. The van der Waals surface area contributed by atoms with Crippen LogP contribution < -0.4 is 5.32 Å². The highest BCUT2D eigenvalue weighted by atomic mass is 127. The van der Waals surface area contributed by atoms with E-state index in [0.29, 0.717) is 17.1 Å². The number of halogens is 2. The predicted molar refractivity (Wildman–Crippen MR) is 81.8 cm³/mol. The zero-order valence-electron chi connectivity index (χ0n) is 9.49. The minimum Gasteiger partial charge on any atom is -0.348 e. The van der Waals surface area contributed by atoms with Gasteiger partial charge in [0.25, 0.3) is 5.91 Å². The average molecular weight is 372 g/mol. The highest BCUT2D eigenvalue weighted by molar-refractivity contribution is 14.1. The molecule has 1 amide bonds. The first-order chi connectivity index (χ1) is 8.66. The molecule has 0 spiro atoms. The Bertz CT molecular complexity index is 557. The second-order valence-electron chi connectivity index (χ2n) is 3.79. The second kappa shape index (κ2) is 6.20. The van der Waals surface area contributed by atoms with Crippen LogP contribution in [0.25, 0.3) is 0 Å². The fourth-order valence-electron chi connectivity index (χ4n) is 1.54. The zero-order chi connectivity index (χ0) is 13.0. The van der Waals surface area contributed by atoms with Gasteiger partial charge in [-0.2, -0.15) is 0 Å². The molecule has 4 heteroatoms. The molecule has 0 bridgehead atoms. The van der Waals surface area contributed by atoms with Gasteiger partial charge >= 0.3 is 0 Å². The molecule has 0 radical (unpaired) electrons. The Morgan fingerprint density at radius 3 is 2.61 bits per heavy atom. The molecular weight excluding hydrogens is 361 g/mol. The number of hydrogen-bond acceptors (Lipinski definition) is 1. The second-order valence-corrected chi connectivity index (χ2v) is 5.45. The van der Waals surface area contributed by atoms with Crippen LogP contribution in [0.15, 0.2) is 48.5 Å². The van der Waals surface area contributed by atoms with Crippen LogP contribution in [0.5, 0.6) is 0 Å². The van der Waals surface area contributed by atoms with Crippen LogP contribution >= 0.6 is 34.2 Å². The molecule has 2 rings (SSSR count). The van der Waals surface area contributed by atoms with E-state index in [1.54, 1.807) is 12.1 Å². The molecule has 1 N–H and O–H groups in total. The van der Waals surface area contributed by atoms with Gasteiger partial charge < -0.3 is 5.32 Å². The van der Waals surface area contributed by atoms with E-state index in [2.05, 4.69) is 27.9 Å². The quantitative estimate of drug-likeness (QED) is 0.815. The van der Waals surface area contributed by atoms with Gasteiger partial charge in [0.05, 0.1) is 10.6 Å². The van der Waals surface area contributed by atoms with Gasteiger partial charge in [-0.15, -0.1) is 0 Å². The lowest BCUT2D eigenvalue weighted by Gasteiger charge is -2.07. The molecule has 0 saturated carbocycles. The SMILES string of the molecule is O=C(NCc1ccccc1)c1cc(I)ccc1Cl. The van der Waals surface area contributed by atoms with Gasteiger partial charge in [0.1, 0.15) is 0 Å². The average Bonchev–Trinajstić information content (AvgIpc) is 2.40. The van der Waals surface area contributed by atoms with Crippen molar-refractivity contribution in [2.24, 2.45) is 0 Å². The monoisotopic (exact) mass is 371 g/mol. The minimum absolute atomic E-state index is 0.151. The highest BCUT2D eigenvalue weighted by Crippen LogP contribution is 2.18. The molecule has 18 heavy (non-hydrogen) atoms. The third-order valence-electron chi connectivity index (χ3n) is 2.47. The van der Waals surface area contributed by atoms with Crippen LogP contribution in [0.3, 0.4) is 0 Å². The number of carbonyl (C=O) groups is 1. The van der Waals surface area contributed by atoms with Gasteiger partial charge in [-0.25, -0.2) is 0 Å². The van der Waals surface area contributed by atoms with Gasteiger partial charge in [-0.1, -0.05) is 41.9 Å². The highest BCUT2D eigenvalue weighted by Gasteiger charge is 2.10. The topological polar surface area (TPSA) is 29.1 Å². The van der Waals surface area contributed by atoms with E-state index >= 15 is 0 Å². The van der Waals surface area contributed by atoms with Crippen LogP contribution in [-0.4, -0.2) is 5.91 Å². The van der Waals surface area contributed by atoms with Gasteiger partial charge in [-0.05, 0) is 46.4 Å². The summed E-state index contributed by atoms with van der Waals surface area (Å²) < 4.78 is 0.988. The lowest BCUT2D eigenvalue weighted by Crippen LogP contribution is -2.23. The van der Waals surface area contributed by atoms with Gasteiger partial charge in [0, 0.05) is 10.1 Å². The van der Waals surface area contributed by atoms with E-state index in [4.69, 9.17) is 11.6 Å². The number of rotatable bonds is 3. The Labute approximate surface area is 124 Å². The van der Waals surface area contributed by atoms with Crippen LogP contribution in [-0.2, 0) is 6.54 Å². The molecule has 0 aliphatic rings. The lowest BCUT2D eigenvalue weighted by atomic mass is 10.2. The molecule has 0 aliphatic carbocycles. The summed E-state index contributed by atoms with van der Waals surface area (Å²) in [5.74, 6) is -0.151. The molecular formula is C14H11ClINO. The fraction of sp³-hybridized carbons (Fsp3) is 0.0714. The van der Waals surface area contributed by atoms with Crippen molar-refractivity contribution in [1.29, 1.82) is 0 Å². The third-order valence-corrected chi connectivity index (χ3v) is 3.47. The molecule has 0 saturated heterocycles. The first-order valence-corrected chi connectivity index (χ1v) is 6.89. The van der Waals surface area contributed by atoms with Crippen LogP contribution in [0.4, 0.5) is 0 Å². The van der Waals surface area contributed by atoms with E-state index in [1.165, 1.54) is 0 Å². The molecule has 0 aliphatic heterocycles. The van der Waals surface area contributed by atoms with Gasteiger partial charge in [0.15, 0.2) is 0 Å². The molecule has 2 aromatic rings. The standard InChI is InChI=1S/C14H11ClINO/c15-13-7-6-11(16)8-12(13)14(18)17-9-10-4-2-1-3-5-10/h1-8H,9H2,(H,17,18). The maximum Gasteiger partial charge on any atom is 0.253 e. The van der Waals surface area contributed by atoms with E-state index < -0.39 is 0 Å². The maximum absolute atomic E-state index is 12.0. The minimum atomic E-state index is -0.151.